The van der Waals surface area contributed by atoms with E-state index in [4.69, 9.17) is 5.73 Å². The van der Waals surface area contributed by atoms with E-state index in [9.17, 15) is 14.9 Å². The third-order valence-electron chi connectivity index (χ3n) is 4.58. The van der Waals surface area contributed by atoms with Crippen LogP contribution in [0.5, 0.6) is 0 Å². The molecular formula is C23H29N5O2S. The number of nitrogens with two attached hydrogens (primary N) is 1. The largest absolute Gasteiger partial charge is 0.383 e. The minimum Gasteiger partial charge on any atom is -0.383 e. The van der Waals surface area contributed by atoms with Crippen LogP contribution in [-0.4, -0.2) is 28.6 Å². The molecule has 0 fully saturated rings. The van der Waals surface area contributed by atoms with Crippen molar-refractivity contribution in [3.8, 4) is 6.07 Å². The molecule has 8 heteroatoms. The van der Waals surface area contributed by atoms with Crippen molar-refractivity contribution < 1.29 is 9.59 Å². The third kappa shape index (κ3) is 7.95. The van der Waals surface area contributed by atoms with E-state index in [0.717, 1.165) is 31.0 Å². The molecule has 0 saturated heterocycles. The first-order chi connectivity index (χ1) is 14.8. The zero-order chi connectivity index (χ0) is 22.8. The highest BCUT2D eigenvalue weighted by molar-refractivity contribution is 8.00. The highest BCUT2D eigenvalue weighted by atomic mass is 32.2. The molecule has 0 aliphatic carbocycles. The van der Waals surface area contributed by atoms with Crippen molar-refractivity contribution in [1.29, 1.82) is 5.26 Å². The maximum absolute atomic E-state index is 12.5. The molecule has 4 N–H and O–H groups in total. The molecule has 2 rings (SSSR count). The van der Waals surface area contributed by atoms with Crippen LogP contribution in [0.4, 0.5) is 11.5 Å². The lowest BCUT2D eigenvalue weighted by atomic mass is 10.0. The Morgan fingerprint density at radius 3 is 2.55 bits per heavy atom. The van der Waals surface area contributed by atoms with Crippen molar-refractivity contribution in [2.24, 2.45) is 5.92 Å². The van der Waals surface area contributed by atoms with Crippen molar-refractivity contribution >= 4 is 35.1 Å². The number of carbonyl (C=O) groups excluding carboxylic acids is 2. The number of para-hydroxylation sites is 1. The number of pyridine rings is 1. The Labute approximate surface area is 187 Å². The van der Waals surface area contributed by atoms with E-state index in [0.29, 0.717) is 16.6 Å². The summed E-state index contributed by atoms with van der Waals surface area (Å²) < 4.78 is 0. The van der Waals surface area contributed by atoms with E-state index in [1.165, 1.54) is 6.07 Å². The molecule has 0 bridgehead atoms. The summed E-state index contributed by atoms with van der Waals surface area (Å²) in [5, 5.41) is 15.5. The van der Waals surface area contributed by atoms with Gasteiger partial charge in [0, 0.05) is 11.7 Å². The number of thioether (sulfide) groups is 1. The second kappa shape index (κ2) is 12.0. The summed E-state index contributed by atoms with van der Waals surface area (Å²) >= 11 is 1.13. The smallest absolute Gasteiger partial charge is 0.259 e. The lowest BCUT2D eigenvalue weighted by Gasteiger charge is -2.14. The summed E-state index contributed by atoms with van der Waals surface area (Å²) in [5.74, 6) is 0.203. The molecule has 0 aliphatic rings. The molecule has 0 spiro atoms. The second-order valence-corrected chi connectivity index (χ2v) is 8.75. The van der Waals surface area contributed by atoms with Crippen LogP contribution in [-0.2, 0) is 4.79 Å². The molecule has 0 radical (unpaired) electrons. The van der Waals surface area contributed by atoms with Crippen LogP contribution in [0.1, 0.15) is 56.0 Å². The number of rotatable bonds is 10. The van der Waals surface area contributed by atoms with Crippen LogP contribution in [0, 0.1) is 17.2 Å². The van der Waals surface area contributed by atoms with E-state index in [-0.39, 0.29) is 34.6 Å². The van der Waals surface area contributed by atoms with Crippen LogP contribution in [0.25, 0.3) is 0 Å². The van der Waals surface area contributed by atoms with Gasteiger partial charge in [0.05, 0.1) is 16.9 Å². The number of nitrogen functional groups attached to an aromatic ring is 1. The number of hydrogen-bond acceptors (Lipinski definition) is 6. The van der Waals surface area contributed by atoms with Crippen LogP contribution < -0.4 is 16.4 Å². The number of amides is 2. The Kier molecular flexibility index (Phi) is 9.35. The fourth-order valence-corrected chi connectivity index (χ4v) is 3.73. The minimum absolute atomic E-state index is 0.0115. The Balaban J connectivity index is 1.97. The fourth-order valence-electron chi connectivity index (χ4n) is 2.96. The summed E-state index contributed by atoms with van der Waals surface area (Å²) in [5.41, 5.74) is 6.91. The molecule has 1 atom stereocenters. The van der Waals surface area contributed by atoms with Crippen molar-refractivity contribution in [3.63, 3.8) is 0 Å². The van der Waals surface area contributed by atoms with Gasteiger partial charge in [-0.2, -0.15) is 5.26 Å². The Morgan fingerprint density at radius 1 is 1.19 bits per heavy atom. The third-order valence-corrected chi connectivity index (χ3v) is 5.57. The topological polar surface area (TPSA) is 121 Å². The highest BCUT2D eigenvalue weighted by Gasteiger charge is 2.17. The maximum atomic E-state index is 12.5. The highest BCUT2D eigenvalue weighted by Crippen LogP contribution is 2.25. The van der Waals surface area contributed by atoms with Gasteiger partial charge in [0.1, 0.15) is 16.9 Å². The summed E-state index contributed by atoms with van der Waals surface area (Å²) in [7, 11) is 0. The first-order valence-electron chi connectivity index (χ1n) is 10.3. The predicted molar refractivity (Wildman–Crippen MR) is 125 cm³/mol. The lowest BCUT2D eigenvalue weighted by Crippen LogP contribution is -2.33. The van der Waals surface area contributed by atoms with Crippen LogP contribution in [0.2, 0.25) is 0 Å². The quantitative estimate of drug-likeness (QED) is 0.477. The van der Waals surface area contributed by atoms with E-state index in [1.807, 2.05) is 19.1 Å². The molecule has 164 valence electrons. The van der Waals surface area contributed by atoms with Crippen LogP contribution in [0.3, 0.4) is 0 Å². The van der Waals surface area contributed by atoms with E-state index in [2.05, 4.69) is 29.5 Å². The van der Waals surface area contributed by atoms with Crippen LogP contribution >= 0.6 is 11.8 Å². The lowest BCUT2D eigenvalue weighted by molar-refractivity contribution is -0.119. The first kappa shape index (κ1) is 24.2. The van der Waals surface area contributed by atoms with Gasteiger partial charge in [-0.25, -0.2) is 4.98 Å². The van der Waals surface area contributed by atoms with E-state index >= 15 is 0 Å². The molecule has 1 aromatic heterocycles. The molecule has 2 amide bonds. The molecule has 1 aromatic carbocycles. The molecule has 7 nitrogen and oxygen atoms in total. The fraction of sp³-hybridized carbons (Fsp3) is 0.391. The van der Waals surface area contributed by atoms with Crippen molar-refractivity contribution in [1.82, 2.24) is 10.3 Å². The molecular weight excluding hydrogens is 410 g/mol. The van der Waals surface area contributed by atoms with Gasteiger partial charge in [-0.1, -0.05) is 56.7 Å². The molecule has 1 heterocycles. The predicted octanol–water partition coefficient (Wildman–Crippen LogP) is 4.21. The number of hydrogen-bond donors (Lipinski definition) is 3. The van der Waals surface area contributed by atoms with Gasteiger partial charge in [0.15, 0.2) is 0 Å². The monoisotopic (exact) mass is 439 g/mol. The van der Waals surface area contributed by atoms with Gasteiger partial charge in [-0.15, -0.1) is 0 Å². The minimum atomic E-state index is -0.447. The molecule has 1 unspecified atom stereocenters. The number of nitrogens with one attached hydrogen (secondary N) is 2. The number of nitrogens with zero attached hydrogens (tertiary/aromatic N) is 2. The number of aromatic nitrogens is 1. The number of anilines is 2. The van der Waals surface area contributed by atoms with Gasteiger partial charge >= 0.3 is 0 Å². The van der Waals surface area contributed by atoms with E-state index < -0.39 is 5.91 Å². The average Bonchev–Trinajstić information content (AvgIpc) is 2.72. The molecule has 31 heavy (non-hydrogen) atoms. The van der Waals surface area contributed by atoms with Gasteiger partial charge in [0.2, 0.25) is 5.91 Å². The standard InChI is InChI=1S/C23H29N5O2S/c1-15(2)8-7-9-16(3)26-20(29)14-31-23-17(13-24)12-19(21(25)28-23)22(30)27-18-10-5-4-6-11-18/h4-6,10-12,15-16H,7-9,14H2,1-3H3,(H2,25,28)(H,26,29)(H,27,30). The summed E-state index contributed by atoms with van der Waals surface area (Å²) in [6.07, 6.45) is 3.12. The van der Waals surface area contributed by atoms with Crippen molar-refractivity contribution in [2.45, 2.75) is 51.1 Å². The van der Waals surface area contributed by atoms with Gasteiger partial charge in [0.25, 0.3) is 5.91 Å². The first-order valence-corrected chi connectivity index (χ1v) is 11.3. The maximum Gasteiger partial charge on any atom is 0.259 e. The van der Waals surface area contributed by atoms with Crippen molar-refractivity contribution in [3.05, 3.63) is 47.5 Å². The Hall–Kier alpha value is -3.05. The van der Waals surface area contributed by atoms with Gasteiger partial charge in [-0.05, 0) is 37.5 Å². The number of nitriles is 1. The van der Waals surface area contributed by atoms with Gasteiger partial charge < -0.3 is 16.4 Å². The Morgan fingerprint density at radius 2 is 1.90 bits per heavy atom. The zero-order valence-electron chi connectivity index (χ0n) is 18.1. The summed E-state index contributed by atoms with van der Waals surface area (Å²) in [6, 6.07) is 12.5. The Bertz CT molecular complexity index is 941. The SMILES string of the molecule is CC(C)CCCC(C)NC(=O)CSc1nc(N)c(C(=O)Nc2ccccc2)cc1C#N. The molecule has 0 aliphatic heterocycles. The van der Waals surface area contributed by atoms with Crippen molar-refractivity contribution in [2.75, 3.05) is 16.8 Å². The average molecular weight is 440 g/mol. The normalized spacial score (nSPS) is 11.6. The van der Waals surface area contributed by atoms with Crippen LogP contribution in [0.15, 0.2) is 41.4 Å². The summed E-state index contributed by atoms with van der Waals surface area (Å²) in [6.45, 7) is 6.35. The summed E-state index contributed by atoms with van der Waals surface area (Å²) in [4.78, 5) is 29.0. The molecule has 2 aromatic rings. The second-order valence-electron chi connectivity index (χ2n) is 7.79. The van der Waals surface area contributed by atoms with E-state index in [1.54, 1.807) is 24.3 Å². The molecule has 0 saturated carbocycles. The number of carbonyl (C=O) groups is 2. The zero-order valence-corrected chi connectivity index (χ0v) is 19.0. The number of benzene rings is 1. The van der Waals surface area contributed by atoms with Gasteiger partial charge in [-0.3, -0.25) is 9.59 Å².